The first-order valence-electron chi connectivity index (χ1n) is 6.80. The van der Waals surface area contributed by atoms with Crippen LogP contribution in [0.5, 0.6) is 0 Å². The fraction of sp³-hybridized carbons (Fsp3) is 0.250. The van der Waals surface area contributed by atoms with Gasteiger partial charge in [-0.05, 0) is 29.7 Å². The summed E-state index contributed by atoms with van der Waals surface area (Å²) in [5, 5.41) is 15.7. The first-order valence-corrected chi connectivity index (χ1v) is 6.80. The summed E-state index contributed by atoms with van der Waals surface area (Å²) in [6, 6.07) is 14.3. The lowest BCUT2D eigenvalue weighted by Gasteiger charge is -2.27. The van der Waals surface area contributed by atoms with Gasteiger partial charge in [0.1, 0.15) is 0 Å². The van der Waals surface area contributed by atoms with Gasteiger partial charge in [-0.25, -0.2) is 0 Å². The van der Waals surface area contributed by atoms with Crippen LogP contribution >= 0.6 is 0 Å². The third-order valence-electron chi connectivity index (χ3n) is 3.91. The van der Waals surface area contributed by atoms with Crippen LogP contribution in [-0.4, -0.2) is 21.4 Å². The van der Waals surface area contributed by atoms with Gasteiger partial charge in [-0.15, -0.1) is 0 Å². The van der Waals surface area contributed by atoms with Crippen molar-refractivity contribution in [3.63, 3.8) is 0 Å². The Morgan fingerprint density at radius 1 is 1.05 bits per heavy atom. The normalized spacial score (nSPS) is 21.9. The molecule has 100 valence electrons. The maximum Gasteiger partial charge on any atom is 0.230 e. The predicted molar refractivity (Wildman–Crippen MR) is 75.2 cm³/mol. The summed E-state index contributed by atoms with van der Waals surface area (Å²) in [6.07, 6.45) is 1.23. The van der Waals surface area contributed by atoms with Crippen LogP contribution in [0.1, 0.15) is 24.7 Å². The number of nitrogens with zero attached hydrogens (tertiary/aromatic N) is 2. The minimum atomic E-state index is -0.212. The third-order valence-corrected chi connectivity index (χ3v) is 3.91. The summed E-state index contributed by atoms with van der Waals surface area (Å²) in [6.45, 7) is 0. The van der Waals surface area contributed by atoms with E-state index in [4.69, 9.17) is 4.52 Å². The lowest BCUT2D eigenvalue weighted by atomic mass is 9.82. The van der Waals surface area contributed by atoms with Gasteiger partial charge in [-0.1, -0.05) is 41.6 Å². The van der Waals surface area contributed by atoms with E-state index in [1.807, 2.05) is 18.2 Å². The van der Waals surface area contributed by atoms with E-state index >= 15 is 0 Å². The number of hydrogen-bond acceptors (Lipinski definition) is 4. The quantitative estimate of drug-likeness (QED) is 0.774. The van der Waals surface area contributed by atoms with E-state index in [0.29, 0.717) is 11.7 Å². The van der Waals surface area contributed by atoms with Crippen molar-refractivity contribution in [2.45, 2.75) is 24.9 Å². The minimum Gasteiger partial charge on any atom is -0.393 e. The van der Waals surface area contributed by atoms with Gasteiger partial charge >= 0.3 is 0 Å². The summed E-state index contributed by atoms with van der Waals surface area (Å²) in [4.78, 5) is 4.45. The number of hydrogen-bond donors (Lipinski definition) is 1. The van der Waals surface area contributed by atoms with Crippen LogP contribution in [-0.2, 0) is 0 Å². The highest BCUT2D eigenvalue weighted by Gasteiger charge is 2.33. The van der Waals surface area contributed by atoms with Gasteiger partial charge in [0, 0.05) is 11.5 Å². The smallest absolute Gasteiger partial charge is 0.230 e. The highest BCUT2D eigenvalue weighted by molar-refractivity contribution is 5.86. The van der Waals surface area contributed by atoms with Crippen LogP contribution in [0.25, 0.3) is 22.2 Å². The molecule has 0 aliphatic heterocycles. The molecule has 0 saturated heterocycles. The van der Waals surface area contributed by atoms with Crippen molar-refractivity contribution in [1.29, 1.82) is 0 Å². The van der Waals surface area contributed by atoms with Crippen LogP contribution in [0.3, 0.4) is 0 Å². The molecule has 1 aliphatic rings. The molecular weight excluding hydrogens is 252 g/mol. The second kappa shape index (κ2) is 4.42. The number of aliphatic hydroxyl groups excluding tert-OH is 1. The van der Waals surface area contributed by atoms with E-state index in [1.165, 1.54) is 5.39 Å². The van der Waals surface area contributed by atoms with Crippen LogP contribution in [0.4, 0.5) is 0 Å². The SMILES string of the molecule is OC1CC(c2nc(-c3ccc4ccccc4c3)no2)C1. The van der Waals surface area contributed by atoms with Crippen molar-refractivity contribution in [1.82, 2.24) is 10.1 Å². The molecular formula is C16H14N2O2. The molecule has 4 rings (SSSR count). The molecule has 0 radical (unpaired) electrons. The largest absolute Gasteiger partial charge is 0.393 e. The molecule has 4 nitrogen and oxygen atoms in total. The molecule has 1 fully saturated rings. The summed E-state index contributed by atoms with van der Waals surface area (Å²) in [7, 11) is 0. The Kier molecular flexibility index (Phi) is 2.57. The highest BCUT2D eigenvalue weighted by atomic mass is 16.5. The van der Waals surface area contributed by atoms with Crippen LogP contribution < -0.4 is 0 Å². The Hall–Kier alpha value is -2.20. The van der Waals surface area contributed by atoms with E-state index in [9.17, 15) is 5.11 Å². The topological polar surface area (TPSA) is 59.2 Å². The van der Waals surface area contributed by atoms with Crippen LogP contribution in [0.2, 0.25) is 0 Å². The molecule has 1 N–H and O–H groups in total. The number of fused-ring (bicyclic) bond motifs is 1. The Morgan fingerprint density at radius 3 is 2.65 bits per heavy atom. The summed E-state index contributed by atoms with van der Waals surface area (Å²) in [5.74, 6) is 1.47. The van der Waals surface area contributed by atoms with E-state index in [1.54, 1.807) is 0 Å². The summed E-state index contributed by atoms with van der Waals surface area (Å²) >= 11 is 0. The van der Waals surface area contributed by atoms with Crippen molar-refractivity contribution in [2.75, 3.05) is 0 Å². The Labute approximate surface area is 116 Å². The molecule has 0 amide bonds. The second-order valence-electron chi connectivity index (χ2n) is 5.34. The van der Waals surface area contributed by atoms with Gasteiger partial charge in [-0.3, -0.25) is 0 Å². The van der Waals surface area contributed by atoms with E-state index in [2.05, 4.69) is 34.4 Å². The lowest BCUT2D eigenvalue weighted by molar-refractivity contribution is 0.0625. The van der Waals surface area contributed by atoms with E-state index < -0.39 is 0 Å². The number of rotatable bonds is 2. The monoisotopic (exact) mass is 266 g/mol. The maximum atomic E-state index is 9.33. The molecule has 0 unspecified atom stereocenters. The van der Waals surface area contributed by atoms with Gasteiger partial charge in [0.25, 0.3) is 0 Å². The number of aliphatic hydroxyl groups is 1. The van der Waals surface area contributed by atoms with Crippen molar-refractivity contribution < 1.29 is 9.63 Å². The average Bonchev–Trinajstić information content (AvgIpc) is 2.93. The molecule has 0 bridgehead atoms. The molecule has 1 aromatic heterocycles. The van der Waals surface area contributed by atoms with Gasteiger partial charge in [0.2, 0.25) is 11.7 Å². The van der Waals surface area contributed by atoms with Crippen molar-refractivity contribution in [3.8, 4) is 11.4 Å². The van der Waals surface area contributed by atoms with Crippen LogP contribution in [0, 0.1) is 0 Å². The molecule has 2 aromatic carbocycles. The second-order valence-corrected chi connectivity index (χ2v) is 5.34. The van der Waals surface area contributed by atoms with Gasteiger partial charge in [0.15, 0.2) is 0 Å². The van der Waals surface area contributed by atoms with Crippen molar-refractivity contribution in [3.05, 3.63) is 48.4 Å². The maximum absolute atomic E-state index is 9.33. The fourth-order valence-corrected chi connectivity index (χ4v) is 2.64. The molecule has 0 spiro atoms. The first kappa shape index (κ1) is 11.6. The predicted octanol–water partition coefficient (Wildman–Crippen LogP) is 3.13. The number of aromatic nitrogens is 2. The van der Waals surface area contributed by atoms with Crippen LogP contribution in [0.15, 0.2) is 47.0 Å². The molecule has 20 heavy (non-hydrogen) atoms. The Morgan fingerprint density at radius 2 is 1.85 bits per heavy atom. The molecule has 4 heteroatoms. The van der Waals surface area contributed by atoms with Crippen molar-refractivity contribution >= 4 is 10.8 Å². The van der Waals surface area contributed by atoms with E-state index in [-0.39, 0.29) is 12.0 Å². The zero-order valence-electron chi connectivity index (χ0n) is 10.9. The lowest BCUT2D eigenvalue weighted by Crippen LogP contribution is -2.26. The summed E-state index contributed by atoms with van der Waals surface area (Å²) < 4.78 is 5.31. The first-order chi connectivity index (χ1) is 9.79. The third kappa shape index (κ3) is 1.89. The van der Waals surface area contributed by atoms with Gasteiger partial charge in [-0.2, -0.15) is 4.98 Å². The van der Waals surface area contributed by atoms with Gasteiger partial charge < -0.3 is 9.63 Å². The molecule has 3 aromatic rings. The van der Waals surface area contributed by atoms with Gasteiger partial charge in [0.05, 0.1) is 6.10 Å². The molecule has 1 saturated carbocycles. The van der Waals surface area contributed by atoms with E-state index in [0.717, 1.165) is 23.8 Å². The highest BCUT2D eigenvalue weighted by Crippen LogP contribution is 2.36. The standard InChI is InChI=1S/C16H14N2O2/c19-14-8-13(9-14)16-17-15(18-20-16)12-6-5-10-3-1-2-4-11(10)7-12/h1-7,13-14,19H,8-9H2. The molecule has 1 heterocycles. The Bertz CT molecular complexity index is 760. The zero-order valence-corrected chi connectivity index (χ0v) is 10.9. The van der Waals surface area contributed by atoms with Crippen molar-refractivity contribution in [2.24, 2.45) is 0 Å². The molecule has 0 atom stereocenters. The Balaban J connectivity index is 1.68. The minimum absolute atomic E-state index is 0.212. The molecule has 1 aliphatic carbocycles. The average molecular weight is 266 g/mol. The number of benzene rings is 2. The fourth-order valence-electron chi connectivity index (χ4n) is 2.64. The zero-order chi connectivity index (χ0) is 13.5. The summed E-state index contributed by atoms with van der Waals surface area (Å²) in [5.41, 5.74) is 0.957.